The van der Waals surface area contributed by atoms with Crippen molar-refractivity contribution in [1.29, 1.82) is 0 Å². The fourth-order valence-corrected chi connectivity index (χ4v) is 3.19. The summed E-state index contributed by atoms with van der Waals surface area (Å²) >= 11 is 5.99. The van der Waals surface area contributed by atoms with Crippen LogP contribution >= 0.6 is 11.6 Å². The molecule has 0 aliphatic carbocycles. The highest BCUT2D eigenvalue weighted by Gasteiger charge is 2.36. The SMILES string of the molecule is CCc1nc(Cl)nc2c1CC(=O)C1CCCCN21. The fraction of sp³-hybridized carbons (Fsp3) is 0.615. The average Bonchev–Trinajstić information content (AvgIpc) is 2.39. The van der Waals surface area contributed by atoms with Crippen molar-refractivity contribution in [3.05, 3.63) is 16.5 Å². The molecule has 0 radical (unpaired) electrons. The van der Waals surface area contributed by atoms with E-state index in [0.717, 1.165) is 49.3 Å². The normalized spacial score (nSPS) is 22.7. The van der Waals surface area contributed by atoms with E-state index in [0.29, 0.717) is 17.5 Å². The van der Waals surface area contributed by atoms with Gasteiger partial charge in [0.2, 0.25) is 5.28 Å². The zero-order valence-corrected chi connectivity index (χ0v) is 11.2. The predicted octanol–water partition coefficient (Wildman–Crippen LogP) is 2.18. The number of Topliss-reactive ketones (excluding diaryl/α,β-unsaturated/α-hetero) is 1. The molecule has 3 rings (SSSR count). The number of hydrogen-bond donors (Lipinski definition) is 0. The van der Waals surface area contributed by atoms with E-state index < -0.39 is 0 Å². The van der Waals surface area contributed by atoms with Gasteiger partial charge in [-0.05, 0) is 37.3 Å². The summed E-state index contributed by atoms with van der Waals surface area (Å²) in [5.74, 6) is 1.21. The number of carbonyl (C=O) groups is 1. The smallest absolute Gasteiger partial charge is 0.224 e. The van der Waals surface area contributed by atoms with Crippen LogP contribution in [0.25, 0.3) is 0 Å². The van der Waals surface area contributed by atoms with E-state index in [4.69, 9.17) is 11.6 Å². The van der Waals surface area contributed by atoms with Gasteiger partial charge in [-0.3, -0.25) is 4.79 Å². The molecule has 18 heavy (non-hydrogen) atoms. The van der Waals surface area contributed by atoms with Gasteiger partial charge in [-0.1, -0.05) is 6.92 Å². The van der Waals surface area contributed by atoms with Crippen LogP contribution in [0.4, 0.5) is 5.82 Å². The Labute approximate surface area is 111 Å². The molecular formula is C13H16ClN3O. The van der Waals surface area contributed by atoms with Crippen molar-refractivity contribution in [2.24, 2.45) is 0 Å². The van der Waals surface area contributed by atoms with Crippen LogP contribution in [0, 0.1) is 0 Å². The number of halogens is 1. The third-order valence-electron chi connectivity index (χ3n) is 3.88. The van der Waals surface area contributed by atoms with Crippen molar-refractivity contribution in [3.8, 4) is 0 Å². The number of rotatable bonds is 1. The molecule has 1 atom stereocenters. The molecule has 0 bridgehead atoms. The summed E-state index contributed by atoms with van der Waals surface area (Å²) in [6, 6.07) is 0.0157. The van der Waals surface area contributed by atoms with Crippen LogP contribution < -0.4 is 4.90 Å². The Morgan fingerprint density at radius 2 is 2.22 bits per heavy atom. The van der Waals surface area contributed by atoms with Gasteiger partial charge >= 0.3 is 0 Å². The predicted molar refractivity (Wildman–Crippen MR) is 70.1 cm³/mol. The third-order valence-corrected chi connectivity index (χ3v) is 4.05. The first-order valence-corrected chi connectivity index (χ1v) is 6.93. The lowest BCUT2D eigenvalue weighted by atomic mass is 9.89. The van der Waals surface area contributed by atoms with Gasteiger partial charge in [-0.25, -0.2) is 9.97 Å². The Balaban J connectivity index is 2.12. The van der Waals surface area contributed by atoms with Gasteiger partial charge < -0.3 is 4.90 Å². The lowest BCUT2D eigenvalue weighted by Gasteiger charge is -2.40. The second-order valence-electron chi connectivity index (χ2n) is 4.94. The van der Waals surface area contributed by atoms with Crippen molar-refractivity contribution in [1.82, 2.24) is 9.97 Å². The van der Waals surface area contributed by atoms with Gasteiger partial charge in [-0.15, -0.1) is 0 Å². The van der Waals surface area contributed by atoms with E-state index in [9.17, 15) is 4.79 Å². The molecule has 1 aromatic heterocycles. The Hall–Kier alpha value is -1.16. The standard InChI is InChI=1S/C13H16ClN3O/c1-2-9-8-7-11(18)10-5-3-4-6-17(10)12(8)16-13(14)15-9/h10H,2-7H2,1H3. The monoisotopic (exact) mass is 265 g/mol. The van der Waals surface area contributed by atoms with E-state index in [1.54, 1.807) is 0 Å². The number of aromatic nitrogens is 2. The van der Waals surface area contributed by atoms with Crippen LogP contribution in [0.2, 0.25) is 5.28 Å². The van der Waals surface area contributed by atoms with Gasteiger partial charge in [0.1, 0.15) is 5.82 Å². The van der Waals surface area contributed by atoms with Crippen molar-refractivity contribution < 1.29 is 4.79 Å². The quantitative estimate of drug-likeness (QED) is 0.730. The maximum atomic E-state index is 12.2. The van der Waals surface area contributed by atoms with Crippen molar-refractivity contribution >= 4 is 23.2 Å². The molecule has 1 unspecified atom stereocenters. The summed E-state index contributed by atoms with van der Waals surface area (Å²) in [7, 11) is 0. The molecule has 0 N–H and O–H groups in total. The summed E-state index contributed by atoms with van der Waals surface area (Å²) in [6.45, 7) is 2.94. The second-order valence-corrected chi connectivity index (χ2v) is 5.28. The van der Waals surface area contributed by atoms with Gasteiger partial charge in [-0.2, -0.15) is 0 Å². The van der Waals surface area contributed by atoms with Crippen molar-refractivity contribution in [2.45, 2.75) is 45.1 Å². The molecule has 0 saturated carbocycles. The number of fused-ring (bicyclic) bond motifs is 3. The van der Waals surface area contributed by atoms with Crippen molar-refractivity contribution in [3.63, 3.8) is 0 Å². The maximum absolute atomic E-state index is 12.2. The summed E-state index contributed by atoms with van der Waals surface area (Å²) < 4.78 is 0. The van der Waals surface area contributed by atoms with E-state index in [-0.39, 0.29) is 6.04 Å². The third kappa shape index (κ3) is 1.79. The van der Waals surface area contributed by atoms with E-state index in [2.05, 4.69) is 14.9 Å². The molecule has 0 amide bonds. The minimum absolute atomic E-state index is 0.0157. The molecule has 0 spiro atoms. The zero-order chi connectivity index (χ0) is 12.7. The summed E-state index contributed by atoms with van der Waals surface area (Å²) in [4.78, 5) is 23.0. The number of piperidine rings is 1. The summed E-state index contributed by atoms with van der Waals surface area (Å²) in [6.07, 6.45) is 4.45. The molecule has 1 fully saturated rings. The van der Waals surface area contributed by atoms with Crippen LogP contribution in [0.5, 0.6) is 0 Å². The first-order valence-electron chi connectivity index (χ1n) is 6.55. The maximum Gasteiger partial charge on any atom is 0.224 e. The number of ketones is 1. The van der Waals surface area contributed by atoms with E-state index in [1.807, 2.05) is 6.92 Å². The molecule has 4 nitrogen and oxygen atoms in total. The topological polar surface area (TPSA) is 46.1 Å². The lowest BCUT2D eigenvalue weighted by molar-refractivity contribution is -0.120. The van der Waals surface area contributed by atoms with E-state index >= 15 is 0 Å². The molecule has 1 saturated heterocycles. The second kappa shape index (κ2) is 4.50. The molecule has 2 aliphatic heterocycles. The van der Waals surface area contributed by atoms with Gasteiger partial charge in [0.25, 0.3) is 0 Å². The minimum atomic E-state index is 0.0157. The molecule has 1 aromatic rings. The highest BCUT2D eigenvalue weighted by atomic mass is 35.5. The molecule has 3 heterocycles. The summed E-state index contributed by atoms with van der Waals surface area (Å²) in [5, 5.41) is 0.296. The summed E-state index contributed by atoms with van der Waals surface area (Å²) in [5.41, 5.74) is 1.91. The van der Waals surface area contributed by atoms with Gasteiger partial charge in [0, 0.05) is 18.5 Å². The average molecular weight is 266 g/mol. The molecular weight excluding hydrogens is 250 g/mol. The molecule has 5 heteroatoms. The zero-order valence-electron chi connectivity index (χ0n) is 10.4. The molecule has 96 valence electrons. The Kier molecular flexibility index (Phi) is 2.98. The first-order chi connectivity index (χ1) is 8.70. The minimum Gasteiger partial charge on any atom is -0.346 e. The van der Waals surface area contributed by atoms with Crippen LogP contribution in [0.3, 0.4) is 0 Å². The number of hydrogen-bond acceptors (Lipinski definition) is 4. The largest absolute Gasteiger partial charge is 0.346 e. The Bertz CT molecular complexity index is 503. The number of aryl methyl sites for hydroxylation is 1. The van der Waals surface area contributed by atoms with Crippen molar-refractivity contribution in [2.75, 3.05) is 11.4 Å². The number of anilines is 1. The Morgan fingerprint density at radius 3 is 3.00 bits per heavy atom. The van der Waals surface area contributed by atoms with Gasteiger partial charge in [0.15, 0.2) is 5.78 Å². The number of carbonyl (C=O) groups excluding carboxylic acids is 1. The van der Waals surface area contributed by atoms with Gasteiger partial charge in [0.05, 0.1) is 11.7 Å². The lowest BCUT2D eigenvalue weighted by Crippen LogP contribution is -2.49. The van der Waals surface area contributed by atoms with Crippen LogP contribution in [-0.2, 0) is 17.6 Å². The Morgan fingerprint density at radius 1 is 1.39 bits per heavy atom. The highest BCUT2D eigenvalue weighted by Crippen LogP contribution is 2.34. The van der Waals surface area contributed by atoms with Crippen LogP contribution in [0.1, 0.15) is 37.4 Å². The van der Waals surface area contributed by atoms with Crippen LogP contribution in [0.15, 0.2) is 0 Å². The molecule has 2 aliphatic rings. The number of nitrogens with zero attached hydrogens (tertiary/aromatic N) is 3. The van der Waals surface area contributed by atoms with Crippen LogP contribution in [-0.4, -0.2) is 28.3 Å². The highest BCUT2D eigenvalue weighted by molar-refractivity contribution is 6.28. The fourth-order valence-electron chi connectivity index (χ4n) is 3.01. The van der Waals surface area contributed by atoms with E-state index in [1.165, 1.54) is 0 Å². The first kappa shape index (κ1) is 11.9. The molecule has 0 aromatic carbocycles.